The van der Waals surface area contributed by atoms with Crippen LogP contribution < -0.4 is 5.32 Å². The van der Waals surface area contributed by atoms with Crippen LogP contribution in [0.5, 0.6) is 0 Å². The molecular weight excluding hydrogens is 396 g/mol. The average Bonchev–Trinajstić information content (AvgIpc) is 3.40. The highest BCUT2D eigenvalue weighted by atomic mass is 32.1. The van der Waals surface area contributed by atoms with Crippen LogP contribution in [0.15, 0.2) is 53.2 Å². The highest BCUT2D eigenvalue weighted by Crippen LogP contribution is 2.30. The van der Waals surface area contributed by atoms with Gasteiger partial charge in [-0.1, -0.05) is 18.2 Å². The smallest absolute Gasteiger partial charge is 0.410 e. The van der Waals surface area contributed by atoms with E-state index in [0.29, 0.717) is 13.1 Å². The van der Waals surface area contributed by atoms with Gasteiger partial charge in [-0.15, -0.1) is 0 Å². The number of hydrogen-bond acceptors (Lipinski definition) is 6. The van der Waals surface area contributed by atoms with Crippen molar-refractivity contribution in [3.63, 3.8) is 0 Å². The molecule has 3 heterocycles. The Bertz CT molecular complexity index is 1000. The summed E-state index contributed by atoms with van der Waals surface area (Å²) in [6.45, 7) is 6.86. The van der Waals surface area contributed by atoms with Crippen molar-refractivity contribution in [3.05, 3.63) is 59.0 Å². The number of benzene rings is 1. The van der Waals surface area contributed by atoms with E-state index in [1.54, 1.807) is 16.2 Å². The number of rotatable bonds is 4. The van der Waals surface area contributed by atoms with Gasteiger partial charge in [-0.2, -0.15) is 11.3 Å². The molecule has 2 aromatic heterocycles. The lowest BCUT2D eigenvalue weighted by Crippen LogP contribution is -2.35. The van der Waals surface area contributed by atoms with Gasteiger partial charge in [-0.25, -0.2) is 14.8 Å². The molecule has 156 valence electrons. The average molecular weight is 423 g/mol. The van der Waals surface area contributed by atoms with E-state index in [-0.39, 0.29) is 12.0 Å². The standard InChI is InChI=1S/C23H26N4O2S/c1-23(2,3)29-22(28)27-11-9-16(14-27)21-25-19(17-10-12-30-15-17)13-20(26-21)24-18-7-5-4-6-8-18/h4-8,10,12-13,15-16H,9,11,14H2,1-3H3,(H,24,25,26)/t16-/m0/s1. The number of ether oxygens (including phenoxy) is 1. The van der Waals surface area contributed by atoms with Crippen molar-refractivity contribution in [2.24, 2.45) is 0 Å². The second-order valence-corrected chi connectivity index (χ2v) is 9.19. The van der Waals surface area contributed by atoms with Gasteiger partial charge in [0.2, 0.25) is 0 Å². The van der Waals surface area contributed by atoms with Crippen LogP contribution in [0.25, 0.3) is 11.3 Å². The van der Waals surface area contributed by atoms with Crippen LogP contribution in [0.3, 0.4) is 0 Å². The van der Waals surface area contributed by atoms with E-state index in [2.05, 4.69) is 16.8 Å². The van der Waals surface area contributed by atoms with E-state index in [4.69, 9.17) is 14.7 Å². The minimum absolute atomic E-state index is 0.0763. The number of aromatic nitrogens is 2. The van der Waals surface area contributed by atoms with Crippen LogP contribution in [0.1, 0.15) is 38.9 Å². The molecule has 1 amide bonds. The summed E-state index contributed by atoms with van der Waals surface area (Å²) in [4.78, 5) is 23.8. The van der Waals surface area contributed by atoms with Crippen molar-refractivity contribution < 1.29 is 9.53 Å². The predicted octanol–water partition coefficient (Wildman–Crippen LogP) is 5.67. The van der Waals surface area contributed by atoms with Crippen molar-refractivity contribution in [2.45, 2.75) is 38.7 Å². The first-order valence-electron chi connectivity index (χ1n) is 10.1. The molecule has 6 nitrogen and oxygen atoms in total. The van der Waals surface area contributed by atoms with Crippen LogP contribution in [-0.2, 0) is 4.74 Å². The van der Waals surface area contributed by atoms with Gasteiger partial charge in [0.15, 0.2) is 0 Å². The fourth-order valence-electron chi connectivity index (χ4n) is 3.40. The minimum atomic E-state index is -0.503. The molecule has 3 aromatic rings. The molecule has 30 heavy (non-hydrogen) atoms. The number of carbonyl (C=O) groups is 1. The summed E-state index contributed by atoms with van der Waals surface area (Å²) in [5.74, 6) is 1.58. The summed E-state index contributed by atoms with van der Waals surface area (Å²) in [6.07, 6.45) is 0.540. The lowest BCUT2D eigenvalue weighted by Gasteiger charge is -2.24. The fraction of sp³-hybridized carbons (Fsp3) is 0.348. The van der Waals surface area contributed by atoms with E-state index in [1.165, 1.54) is 0 Å². The third-order valence-electron chi connectivity index (χ3n) is 4.81. The summed E-state index contributed by atoms with van der Waals surface area (Å²) < 4.78 is 5.53. The lowest BCUT2D eigenvalue weighted by molar-refractivity contribution is 0.0292. The Kier molecular flexibility index (Phi) is 5.72. The number of nitrogens with one attached hydrogen (secondary N) is 1. The maximum absolute atomic E-state index is 12.5. The number of likely N-dealkylation sites (tertiary alicyclic amines) is 1. The van der Waals surface area contributed by atoms with Gasteiger partial charge in [0, 0.05) is 41.7 Å². The van der Waals surface area contributed by atoms with Crippen molar-refractivity contribution in [1.82, 2.24) is 14.9 Å². The van der Waals surface area contributed by atoms with Crippen molar-refractivity contribution in [3.8, 4) is 11.3 Å². The van der Waals surface area contributed by atoms with E-state index in [0.717, 1.165) is 35.0 Å². The number of carbonyl (C=O) groups excluding carboxylic acids is 1. The Morgan fingerprint density at radius 1 is 1.20 bits per heavy atom. The molecule has 0 aliphatic carbocycles. The fourth-order valence-corrected chi connectivity index (χ4v) is 4.05. The van der Waals surface area contributed by atoms with Gasteiger partial charge in [0.05, 0.1) is 5.69 Å². The van der Waals surface area contributed by atoms with E-state index >= 15 is 0 Å². The largest absolute Gasteiger partial charge is 0.444 e. The molecule has 0 bridgehead atoms. The third kappa shape index (κ3) is 4.97. The van der Waals surface area contributed by atoms with E-state index in [1.807, 2.05) is 62.5 Å². The summed E-state index contributed by atoms with van der Waals surface area (Å²) in [6, 6.07) is 14.0. The maximum Gasteiger partial charge on any atom is 0.410 e. The van der Waals surface area contributed by atoms with Gasteiger partial charge < -0.3 is 15.0 Å². The molecule has 1 atom stereocenters. The topological polar surface area (TPSA) is 67.3 Å². The lowest BCUT2D eigenvalue weighted by atomic mass is 10.1. The summed E-state index contributed by atoms with van der Waals surface area (Å²) in [5.41, 5.74) is 2.43. The molecule has 1 fully saturated rings. The molecule has 1 N–H and O–H groups in total. The number of hydrogen-bond donors (Lipinski definition) is 1. The maximum atomic E-state index is 12.5. The van der Waals surface area contributed by atoms with Crippen LogP contribution in [0.4, 0.5) is 16.3 Å². The quantitative estimate of drug-likeness (QED) is 0.586. The number of amides is 1. The molecule has 1 aromatic carbocycles. The Morgan fingerprint density at radius 2 is 2.00 bits per heavy atom. The van der Waals surface area contributed by atoms with Gasteiger partial charge in [-0.3, -0.25) is 0 Å². The van der Waals surface area contributed by atoms with E-state index in [9.17, 15) is 4.79 Å². The third-order valence-corrected chi connectivity index (χ3v) is 5.49. The normalized spacial score (nSPS) is 16.5. The first-order valence-corrected chi connectivity index (χ1v) is 11.0. The number of nitrogens with zero attached hydrogens (tertiary/aromatic N) is 3. The molecule has 0 unspecified atom stereocenters. The van der Waals surface area contributed by atoms with Gasteiger partial charge in [0.1, 0.15) is 17.2 Å². The molecule has 1 aliphatic heterocycles. The molecule has 7 heteroatoms. The minimum Gasteiger partial charge on any atom is -0.444 e. The molecule has 0 saturated carbocycles. The second kappa shape index (κ2) is 8.44. The first-order chi connectivity index (χ1) is 14.4. The Hall–Kier alpha value is -2.93. The van der Waals surface area contributed by atoms with Gasteiger partial charge >= 0.3 is 6.09 Å². The van der Waals surface area contributed by atoms with Crippen molar-refractivity contribution >= 4 is 28.9 Å². The van der Waals surface area contributed by atoms with Gasteiger partial charge in [0.25, 0.3) is 0 Å². The molecular formula is C23H26N4O2S. The van der Waals surface area contributed by atoms with Crippen molar-refractivity contribution in [2.75, 3.05) is 18.4 Å². The van der Waals surface area contributed by atoms with Crippen LogP contribution >= 0.6 is 11.3 Å². The Labute approximate surface area is 180 Å². The van der Waals surface area contributed by atoms with E-state index < -0.39 is 5.60 Å². The number of anilines is 2. The first kappa shape index (κ1) is 20.3. The highest BCUT2D eigenvalue weighted by Gasteiger charge is 2.32. The molecule has 0 radical (unpaired) electrons. The van der Waals surface area contributed by atoms with Crippen LogP contribution in [-0.4, -0.2) is 39.7 Å². The molecule has 1 aliphatic rings. The Morgan fingerprint density at radius 3 is 2.70 bits per heavy atom. The number of para-hydroxylation sites is 1. The monoisotopic (exact) mass is 422 g/mol. The zero-order valence-corrected chi connectivity index (χ0v) is 18.3. The van der Waals surface area contributed by atoms with Crippen molar-refractivity contribution in [1.29, 1.82) is 0 Å². The summed E-state index contributed by atoms with van der Waals surface area (Å²) in [5, 5.41) is 7.51. The van der Waals surface area contributed by atoms with Crippen LogP contribution in [0.2, 0.25) is 0 Å². The highest BCUT2D eigenvalue weighted by molar-refractivity contribution is 7.08. The summed E-state index contributed by atoms with van der Waals surface area (Å²) in [7, 11) is 0. The SMILES string of the molecule is CC(C)(C)OC(=O)N1CC[C@H](c2nc(Nc3ccccc3)cc(-c3ccsc3)n2)C1. The molecule has 0 spiro atoms. The number of thiophene rings is 1. The second-order valence-electron chi connectivity index (χ2n) is 8.41. The molecule has 1 saturated heterocycles. The Balaban J connectivity index is 1.59. The zero-order chi connectivity index (χ0) is 21.1. The molecule has 4 rings (SSSR count). The predicted molar refractivity (Wildman–Crippen MR) is 120 cm³/mol. The van der Waals surface area contributed by atoms with Crippen LogP contribution in [0, 0.1) is 0 Å². The van der Waals surface area contributed by atoms with Gasteiger partial charge in [-0.05, 0) is 50.8 Å². The zero-order valence-electron chi connectivity index (χ0n) is 17.5. The summed E-state index contributed by atoms with van der Waals surface area (Å²) >= 11 is 1.64.